The highest BCUT2D eigenvalue weighted by atomic mass is 35.5. The molecule has 0 bridgehead atoms. The van der Waals surface area contributed by atoms with Gasteiger partial charge in [0.25, 0.3) is 0 Å². The Bertz CT molecular complexity index is 1140. The van der Waals surface area contributed by atoms with Gasteiger partial charge in [0.1, 0.15) is 11.5 Å². The number of benzene rings is 1. The predicted octanol–water partition coefficient (Wildman–Crippen LogP) is 3.83. The third-order valence-electron chi connectivity index (χ3n) is 5.30. The first-order valence-corrected chi connectivity index (χ1v) is 10.0. The zero-order valence-corrected chi connectivity index (χ0v) is 17.7. The molecule has 0 radical (unpaired) electrons. The van der Waals surface area contributed by atoms with E-state index in [4.69, 9.17) is 26.8 Å². The van der Waals surface area contributed by atoms with Gasteiger partial charge in [-0.05, 0) is 24.6 Å². The number of morpholine rings is 1. The predicted molar refractivity (Wildman–Crippen MR) is 112 cm³/mol. The molecule has 0 saturated carbocycles. The van der Waals surface area contributed by atoms with Crippen molar-refractivity contribution in [2.45, 2.75) is 19.4 Å². The summed E-state index contributed by atoms with van der Waals surface area (Å²) in [5.74, 6) is -1.16. The summed E-state index contributed by atoms with van der Waals surface area (Å²) >= 11 is 5.94. The molecular formula is C21H21ClF2N4O3. The molecule has 1 aliphatic rings. The van der Waals surface area contributed by atoms with E-state index in [1.807, 2.05) is 0 Å². The van der Waals surface area contributed by atoms with E-state index < -0.39 is 23.8 Å². The molecule has 1 saturated heterocycles. The van der Waals surface area contributed by atoms with Crippen molar-refractivity contribution in [3.8, 4) is 11.3 Å². The van der Waals surface area contributed by atoms with Crippen LogP contribution in [0.1, 0.15) is 11.3 Å². The number of nitrogens with zero attached hydrogens (tertiary/aromatic N) is 3. The number of nitrogen functional groups attached to an aromatic ring is 1. The molecule has 4 rings (SSSR count). The molecule has 2 aromatic heterocycles. The second kappa shape index (κ2) is 8.32. The van der Waals surface area contributed by atoms with Crippen molar-refractivity contribution >= 4 is 29.0 Å². The van der Waals surface area contributed by atoms with E-state index in [0.29, 0.717) is 41.4 Å². The Labute approximate surface area is 182 Å². The van der Waals surface area contributed by atoms with E-state index in [0.717, 1.165) is 0 Å². The summed E-state index contributed by atoms with van der Waals surface area (Å²) in [6, 6.07) is 4.26. The number of carbonyl (C=O) groups excluding carboxylic acids is 1. The van der Waals surface area contributed by atoms with Crippen molar-refractivity contribution in [3.63, 3.8) is 0 Å². The number of methoxy groups -OCH3 is 1. The fourth-order valence-corrected chi connectivity index (χ4v) is 4.05. The summed E-state index contributed by atoms with van der Waals surface area (Å²) in [4.78, 5) is 18.0. The quantitative estimate of drug-likeness (QED) is 0.613. The third kappa shape index (κ3) is 4.03. The molecule has 31 heavy (non-hydrogen) atoms. The van der Waals surface area contributed by atoms with Crippen molar-refractivity contribution in [2.75, 3.05) is 32.5 Å². The molecule has 1 amide bonds. The number of ether oxygens (including phenoxy) is 2. The Morgan fingerprint density at radius 1 is 1.35 bits per heavy atom. The fraction of sp³-hybridized carbons (Fsp3) is 0.333. The van der Waals surface area contributed by atoms with Crippen LogP contribution in [-0.2, 0) is 15.9 Å². The zero-order chi connectivity index (χ0) is 22.3. The molecular weight excluding hydrogens is 430 g/mol. The number of halogens is 3. The van der Waals surface area contributed by atoms with Crippen LogP contribution in [0.2, 0.25) is 5.02 Å². The number of anilines is 1. The van der Waals surface area contributed by atoms with E-state index in [-0.39, 0.29) is 23.6 Å². The van der Waals surface area contributed by atoms with Crippen molar-refractivity contribution in [3.05, 3.63) is 52.3 Å². The van der Waals surface area contributed by atoms with Crippen LogP contribution in [0.3, 0.4) is 0 Å². The second-order valence-electron chi connectivity index (χ2n) is 7.41. The van der Waals surface area contributed by atoms with Crippen LogP contribution >= 0.6 is 11.6 Å². The Morgan fingerprint density at radius 2 is 2.13 bits per heavy atom. The molecule has 0 spiro atoms. The maximum absolute atomic E-state index is 14.9. The molecule has 1 atom stereocenters. The molecule has 0 unspecified atom stereocenters. The maximum atomic E-state index is 14.9. The standard InChI is InChI=1S/C21H21ClF2N4O3/c1-11-5-12(25)6-15(23)19(11)20-17(28-10-16(24)14(22)8-18(28)26-20)7-13-9-27(3-4-31-13)21(29)30-2/h5-6,8,10,13H,3-4,7,9,25H2,1-2H3/t13-/m0/s1. The van der Waals surface area contributed by atoms with Crippen LogP contribution in [0, 0.1) is 18.6 Å². The lowest BCUT2D eigenvalue weighted by molar-refractivity contribution is -0.0241. The van der Waals surface area contributed by atoms with Gasteiger partial charge in [0.15, 0.2) is 5.82 Å². The zero-order valence-electron chi connectivity index (χ0n) is 17.0. The van der Waals surface area contributed by atoms with Gasteiger partial charge in [-0.2, -0.15) is 0 Å². The monoisotopic (exact) mass is 450 g/mol. The van der Waals surface area contributed by atoms with Gasteiger partial charge < -0.3 is 24.5 Å². The number of aromatic nitrogens is 2. The van der Waals surface area contributed by atoms with Gasteiger partial charge in [-0.3, -0.25) is 0 Å². The minimum Gasteiger partial charge on any atom is -0.453 e. The van der Waals surface area contributed by atoms with Crippen molar-refractivity contribution in [1.82, 2.24) is 14.3 Å². The molecule has 3 aromatic rings. The smallest absolute Gasteiger partial charge is 0.409 e. The van der Waals surface area contributed by atoms with Gasteiger partial charge in [-0.1, -0.05) is 11.6 Å². The van der Waals surface area contributed by atoms with Gasteiger partial charge in [0.2, 0.25) is 0 Å². The average molecular weight is 451 g/mol. The lowest BCUT2D eigenvalue weighted by Crippen LogP contribution is -2.46. The average Bonchev–Trinajstić information content (AvgIpc) is 3.04. The molecule has 1 aromatic carbocycles. The number of carbonyl (C=O) groups is 1. The van der Waals surface area contributed by atoms with E-state index in [2.05, 4.69) is 4.98 Å². The molecule has 1 fully saturated rings. The third-order valence-corrected chi connectivity index (χ3v) is 5.59. The summed E-state index contributed by atoms with van der Waals surface area (Å²) in [5, 5.41) is -0.0871. The van der Waals surface area contributed by atoms with Crippen LogP contribution in [-0.4, -0.2) is 53.3 Å². The van der Waals surface area contributed by atoms with Crippen molar-refractivity contribution in [1.29, 1.82) is 0 Å². The molecule has 164 valence electrons. The highest BCUT2D eigenvalue weighted by Crippen LogP contribution is 2.33. The Kier molecular flexibility index (Phi) is 5.72. The number of nitrogens with two attached hydrogens (primary N) is 1. The lowest BCUT2D eigenvalue weighted by Gasteiger charge is -2.32. The maximum Gasteiger partial charge on any atom is 0.409 e. The number of fused-ring (bicyclic) bond motifs is 1. The highest BCUT2D eigenvalue weighted by Gasteiger charge is 2.28. The number of amides is 1. The minimum absolute atomic E-state index is 0.0871. The molecule has 0 aliphatic carbocycles. The van der Waals surface area contributed by atoms with Gasteiger partial charge in [0, 0.05) is 36.5 Å². The summed E-state index contributed by atoms with van der Waals surface area (Å²) in [5.41, 5.74) is 8.17. The summed E-state index contributed by atoms with van der Waals surface area (Å²) < 4.78 is 41.4. The first-order chi connectivity index (χ1) is 14.8. The summed E-state index contributed by atoms with van der Waals surface area (Å²) in [6.45, 7) is 2.73. The fourth-order valence-electron chi connectivity index (χ4n) is 3.91. The topological polar surface area (TPSA) is 82.1 Å². The Balaban J connectivity index is 1.82. The van der Waals surface area contributed by atoms with Gasteiger partial charge in [-0.15, -0.1) is 0 Å². The van der Waals surface area contributed by atoms with E-state index >= 15 is 0 Å². The molecule has 10 heteroatoms. The Morgan fingerprint density at radius 3 is 2.84 bits per heavy atom. The number of hydrogen-bond acceptors (Lipinski definition) is 5. The summed E-state index contributed by atoms with van der Waals surface area (Å²) in [6.07, 6.45) is 0.607. The van der Waals surface area contributed by atoms with Crippen LogP contribution in [0.4, 0.5) is 19.3 Å². The van der Waals surface area contributed by atoms with E-state index in [9.17, 15) is 13.6 Å². The van der Waals surface area contributed by atoms with Crippen LogP contribution < -0.4 is 5.73 Å². The molecule has 7 nitrogen and oxygen atoms in total. The van der Waals surface area contributed by atoms with E-state index in [1.165, 1.54) is 34.7 Å². The SMILES string of the molecule is COC(=O)N1CCO[C@@H](Cc2c(-c3c(C)cc(N)cc3F)nc3cc(Cl)c(F)cn23)C1. The lowest BCUT2D eigenvalue weighted by atomic mass is 10.00. The van der Waals surface area contributed by atoms with Crippen LogP contribution in [0.25, 0.3) is 16.9 Å². The van der Waals surface area contributed by atoms with Crippen LogP contribution in [0.5, 0.6) is 0 Å². The van der Waals surface area contributed by atoms with Crippen molar-refractivity contribution < 1.29 is 23.0 Å². The van der Waals surface area contributed by atoms with Gasteiger partial charge in [0.05, 0.1) is 42.8 Å². The van der Waals surface area contributed by atoms with E-state index in [1.54, 1.807) is 13.0 Å². The molecule has 1 aliphatic heterocycles. The first kappa shape index (κ1) is 21.3. The highest BCUT2D eigenvalue weighted by molar-refractivity contribution is 6.31. The molecule has 2 N–H and O–H groups in total. The van der Waals surface area contributed by atoms with Crippen LogP contribution in [0.15, 0.2) is 24.4 Å². The second-order valence-corrected chi connectivity index (χ2v) is 7.82. The largest absolute Gasteiger partial charge is 0.453 e. The first-order valence-electron chi connectivity index (χ1n) is 9.65. The number of imidazole rings is 1. The summed E-state index contributed by atoms with van der Waals surface area (Å²) in [7, 11) is 1.31. The molecule has 3 heterocycles. The van der Waals surface area contributed by atoms with Gasteiger partial charge in [-0.25, -0.2) is 18.6 Å². The number of rotatable bonds is 3. The number of hydrogen-bond donors (Lipinski definition) is 1. The normalized spacial score (nSPS) is 16.7. The Hall–Kier alpha value is -2.91. The van der Waals surface area contributed by atoms with Gasteiger partial charge >= 0.3 is 6.09 Å². The number of pyridine rings is 1. The van der Waals surface area contributed by atoms with Crippen molar-refractivity contribution in [2.24, 2.45) is 0 Å². The minimum atomic E-state index is -0.630. The number of aryl methyl sites for hydroxylation is 1.